The quantitative estimate of drug-likeness (QED) is 0.100. The molecule has 0 saturated heterocycles. The minimum atomic E-state index is -0.867. The van der Waals surface area contributed by atoms with Gasteiger partial charge in [-0.15, -0.1) is 0 Å². The molecule has 0 amide bonds. The molecule has 3 aromatic rings. The summed E-state index contributed by atoms with van der Waals surface area (Å²) in [6, 6.07) is 11.7. The lowest BCUT2D eigenvalue weighted by atomic mass is 9.78. The summed E-state index contributed by atoms with van der Waals surface area (Å²) in [5, 5.41) is 33.5. The average molecular weight is 887 g/mol. The first-order valence-corrected chi connectivity index (χ1v) is 23.1. The zero-order valence-corrected chi connectivity index (χ0v) is 42.7. The molecule has 0 aliphatic heterocycles. The molecule has 356 valence electrons. The molecular weight excluding hydrogens is 805 g/mol. The maximum absolute atomic E-state index is 13.5. The molecule has 3 rings (SSSR count). The van der Waals surface area contributed by atoms with Crippen molar-refractivity contribution in [3.63, 3.8) is 0 Å². The Bertz CT molecular complexity index is 2010. The highest BCUT2D eigenvalue weighted by Crippen LogP contribution is 2.43. The topological polar surface area (TPSA) is 140 Å². The molecular formula is C55H82O9. The van der Waals surface area contributed by atoms with Crippen molar-refractivity contribution in [1.29, 1.82) is 0 Å². The molecule has 1 unspecified atom stereocenters. The first-order chi connectivity index (χ1) is 29.0. The van der Waals surface area contributed by atoms with Crippen LogP contribution in [-0.4, -0.2) is 52.5 Å². The first kappa shape index (κ1) is 53.8. The van der Waals surface area contributed by atoms with Crippen LogP contribution >= 0.6 is 0 Å². The van der Waals surface area contributed by atoms with E-state index in [1.165, 1.54) is 0 Å². The van der Waals surface area contributed by atoms with Crippen molar-refractivity contribution in [3.8, 4) is 17.2 Å². The second-order valence-corrected chi connectivity index (χ2v) is 23.9. The Labute approximate surface area is 385 Å². The van der Waals surface area contributed by atoms with E-state index in [4.69, 9.17) is 14.2 Å². The Morgan fingerprint density at radius 2 is 0.672 bits per heavy atom. The average Bonchev–Trinajstić information content (AvgIpc) is 3.12. The summed E-state index contributed by atoms with van der Waals surface area (Å²) in [5.41, 5.74) is 5.74. The number of esters is 3. The van der Waals surface area contributed by atoms with Gasteiger partial charge in [0.2, 0.25) is 0 Å². The van der Waals surface area contributed by atoms with E-state index >= 15 is 0 Å². The molecule has 0 aliphatic rings. The zero-order chi connectivity index (χ0) is 49.0. The van der Waals surface area contributed by atoms with Gasteiger partial charge in [-0.1, -0.05) is 161 Å². The summed E-state index contributed by atoms with van der Waals surface area (Å²) in [5.74, 6) is -0.544. The number of carbonyl (C=O) groups excluding carboxylic acids is 3. The number of aryl methyl sites for hydroxylation is 3. The van der Waals surface area contributed by atoms with Crippen molar-refractivity contribution in [2.24, 2.45) is 0 Å². The summed E-state index contributed by atoms with van der Waals surface area (Å²) in [7, 11) is 0. The van der Waals surface area contributed by atoms with Crippen LogP contribution in [0, 0.1) is 0 Å². The van der Waals surface area contributed by atoms with Crippen molar-refractivity contribution < 1.29 is 43.9 Å². The second-order valence-electron chi connectivity index (χ2n) is 23.9. The Kier molecular flexibility index (Phi) is 17.1. The molecule has 0 fully saturated rings. The molecule has 0 heterocycles. The molecule has 9 heteroatoms. The fraction of sp³-hybridized carbons (Fsp3) is 0.618. The highest BCUT2D eigenvalue weighted by molar-refractivity contribution is 5.71. The predicted octanol–water partition coefficient (Wildman–Crippen LogP) is 12.2. The minimum absolute atomic E-state index is 0.0506. The van der Waals surface area contributed by atoms with Crippen LogP contribution < -0.4 is 0 Å². The lowest BCUT2D eigenvalue weighted by Crippen LogP contribution is -2.27. The van der Waals surface area contributed by atoms with E-state index in [0.717, 1.165) is 50.1 Å². The Morgan fingerprint density at radius 1 is 0.422 bits per heavy atom. The SMILES string of the molecule is CC(C)(C)c1cc(CCC(=O)OCCC(COC(=O)CCc2cc(C(C)(C)C)c(O)c(C(C)(C)C)c2)OC(=O)CCc2cc(C(C)(C)C)c(O)c(C(C)(C)C)c2)cc(C(C)(C)C)c1O. The third kappa shape index (κ3) is 15.3. The first-order valence-electron chi connectivity index (χ1n) is 23.1. The largest absolute Gasteiger partial charge is 0.507 e. The van der Waals surface area contributed by atoms with Crippen LogP contribution in [0.3, 0.4) is 0 Å². The van der Waals surface area contributed by atoms with Crippen LogP contribution in [0.25, 0.3) is 0 Å². The van der Waals surface area contributed by atoms with Gasteiger partial charge in [0, 0.05) is 25.7 Å². The van der Waals surface area contributed by atoms with Gasteiger partial charge in [-0.3, -0.25) is 14.4 Å². The zero-order valence-electron chi connectivity index (χ0n) is 42.7. The molecule has 9 nitrogen and oxygen atoms in total. The van der Waals surface area contributed by atoms with Crippen LogP contribution in [0.4, 0.5) is 0 Å². The number of phenolic OH excluding ortho intramolecular Hbond substituents is 3. The number of hydrogen-bond donors (Lipinski definition) is 3. The molecule has 1 atom stereocenters. The lowest BCUT2D eigenvalue weighted by Gasteiger charge is -2.28. The van der Waals surface area contributed by atoms with E-state index in [1.807, 2.05) is 161 Å². The van der Waals surface area contributed by atoms with Gasteiger partial charge in [-0.25, -0.2) is 0 Å². The molecule has 0 spiro atoms. The van der Waals surface area contributed by atoms with E-state index in [2.05, 4.69) is 0 Å². The monoisotopic (exact) mass is 887 g/mol. The van der Waals surface area contributed by atoms with Crippen LogP contribution in [0.1, 0.15) is 200 Å². The maximum atomic E-state index is 13.5. The van der Waals surface area contributed by atoms with Crippen molar-refractivity contribution in [3.05, 3.63) is 86.5 Å². The molecule has 0 radical (unpaired) electrons. The number of rotatable bonds is 15. The third-order valence-electron chi connectivity index (χ3n) is 11.6. The van der Waals surface area contributed by atoms with E-state index in [9.17, 15) is 29.7 Å². The summed E-state index contributed by atoms with van der Waals surface area (Å²) in [6.45, 7) is 36.6. The summed E-state index contributed by atoms with van der Waals surface area (Å²) < 4.78 is 17.3. The van der Waals surface area contributed by atoms with Gasteiger partial charge in [0.05, 0.1) is 6.61 Å². The van der Waals surface area contributed by atoms with Crippen molar-refractivity contribution >= 4 is 17.9 Å². The number of carbonyl (C=O) groups is 3. The van der Waals surface area contributed by atoms with Crippen LogP contribution in [-0.2, 0) is 80.3 Å². The number of phenols is 3. The minimum Gasteiger partial charge on any atom is -0.507 e. The lowest BCUT2D eigenvalue weighted by molar-refractivity contribution is -0.161. The van der Waals surface area contributed by atoms with E-state index < -0.39 is 24.0 Å². The third-order valence-corrected chi connectivity index (χ3v) is 11.6. The molecule has 64 heavy (non-hydrogen) atoms. The Hall–Kier alpha value is -4.53. The molecule has 3 aromatic carbocycles. The van der Waals surface area contributed by atoms with Gasteiger partial charge >= 0.3 is 17.9 Å². The molecule has 0 aliphatic carbocycles. The van der Waals surface area contributed by atoms with Crippen LogP contribution in [0.5, 0.6) is 17.2 Å². The van der Waals surface area contributed by atoms with Gasteiger partial charge < -0.3 is 29.5 Å². The summed E-state index contributed by atoms with van der Waals surface area (Å²) >= 11 is 0. The van der Waals surface area contributed by atoms with Crippen molar-refractivity contribution in [2.75, 3.05) is 13.2 Å². The van der Waals surface area contributed by atoms with Crippen molar-refractivity contribution in [1.82, 2.24) is 0 Å². The fourth-order valence-corrected chi connectivity index (χ4v) is 7.74. The highest BCUT2D eigenvalue weighted by Gasteiger charge is 2.30. The standard InChI is InChI=1S/C55H82O9/c1-50(2,3)38-27-34(28-39(47(38)59)51(4,5)6)19-22-44(56)62-26-25-37(64-46(58)24-21-36-31-42(54(13,14)15)49(61)43(32-36)55(16,17)18)33-63-45(57)23-20-35-29-40(52(7,8)9)48(60)41(30-35)53(10,11)12/h27-32,37,59-61H,19-26,33H2,1-18H3. The van der Waals surface area contributed by atoms with Gasteiger partial charge in [-0.05, 0) is 102 Å². The van der Waals surface area contributed by atoms with Gasteiger partial charge in [0.15, 0.2) is 0 Å². The van der Waals surface area contributed by atoms with Gasteiger partial charge in [-0.2, -0.15) is 0 Å². The second kappa shape index (κ2) is 20.3. The summed E-state index contributed by atoms with van der Waals surface area (Å²) in [6.07, 6.45) is 0.676. The van der Waals surface area contributed by atoms with Gasteiger partial charge in [0.1, 0.15) is 30.0 Å². The smallest absolute Gasteiger partial charge is 0.306 e. The Morgan fingerprint density at radius 3 is 0.938 bits per heavy atom. The highest BCUT2D eigenvalue weighted by atomic mass is 16.6. The van der Waals surface area contributed by atoms with E-state index in [0.29, 0.717) is 19.3 Å². The predicted molar refractivity (Wildman–Crippen MR) is 258 cm³/mol. The fourth-order valence-electron chi connectivity index (χ4n) is 7.74. The Balaban J connectivity index is 1.77. The molecule has 3 N–H and O–H groups in total. The number of aromatic hydroxyl groups is 3. The van der Waals surface area contributed by atoms with Crippen LogP contribution in [0.2, 0.25) is 0 Å². The number of ether oxygens (including phenoxy) is 3. The van der Waals surface area contributed by atoms with Gasteiger partial charge in [0.25, 0.3) is 0 Å². The normalized spacial score (nSPS) is 13.4. The maximum Gasteiger partial charge on any atom is 0.306 e. The van der Waals surface area contributed by atoms with Crippen LogP contribution in [0.15, 0.2) is 36.4 Å². The summed E-state index contributed by atoms with van der Waals surface area (Å²) in [4.78, 5) is 39.9. The number of hydrogen-bond acceptors (Lipinski definition) is 9. The molecule has 0 bridgehead atoms. The van der Waals surface area contributed by atoms with E-state index in [-0.39, 0.29) is 88.6 Å². The molecule has 0 saturated carbocycles. The number of benzene rings is 3. The van der Waals surface area contributed by atoms with E-state index in [1.54, 1.807) is 0 Å². The van der Waals surface area contributed by atoms with Crippen molar-refractivity contribution in [2.45, 2.75) is 208 Å². The molecule has 0 aromatic heterocycles.